The molecule has 0 aliphatic rings. The number of hydrogen-bond donors (Lipinski definition) is 1. The first kappa shape index (κ1) is 15.5. The van der Waals surface area contributed by atoms with Crippen LogP contribution >= 0.6 is 0 Å². The molecule has 0 fully saturated rings. The fourth-order valence-corrected chi connectivity index (χ4v) is 2.11. The van der Waals surface area contributed by atoms with E-state index in [1.807, 2.05) is 13.0 Å². The van der Waals surface area contributed by atoms with Crippen LogP contribution in [0.2, 0.25) is 0 Å². The van der Waals surface area contributed by atoms with E-state index in [0.29, 0.717) is 29.0 Å². The standard InChI is InChI=1S/C16H16N2O4/c1-2-14(17-19)13-8-4-6-10-16(13)22-11-12-7-3-5-9-15(12)18(20)21/h3-10,19H,2,11H2,1H3/b17-14+. The van der Waals surface area contributed by atoms with Crippen LogP contribution in [0.25, 0.3) is 0 Å². The molecule has 0 unspecified atom stereocenters. The lowest BCUT2D eigenvalue weighted by Gasteiger charge is -2.11. The summed E-state index contributed by atoms with van der Waals surface area (Å²) in [6, 6.07) is 13.6. The lowest BCUT2D eigenvalue weighted by molar-refractivity contribution is -0.385. The Hall–Kier alpha value is -2.89. The summed E-state index contributed by atoms with van der Waals surface area (Å²) in [6.45, 7) is 1.93. The summed E-state index contributed by atoms with van der Waals surface area (Å²) >= 11 is 0. The molecule has 0 radical (unpaired) electrons. The van der Waals surface area contributed by atoms with Crippen LogP contribution in [0.15, 0.2) is 53.7 Å². The summed E-state index contributed by atoms with van der Waals surface area (Å²) in [5.41, 5.74) is 1.68. The van der Waals surface area contributed by atoms with Gasteiger partial charge in [0.05, 0.1) is 16.2 Å². The summed E-state index contributed by atoms with van der Waals surface area (Å²) in [5, 5.41) is 23.3. The number of rotatable bonds is 6. The molecule has 0 atom stereocenters. The van der Waals surface area contributed by atoms with Crippen LogP contribution < -0.4 is 4.74 Å². The highest BCUT2D eigenvalue weighted by Crippen LogP contribution is 2.24. The van der Waals surface area contributed by atoms with E-state index >= 15 is 0 Å². The Balaban J connectivity index is 2.25. The summed E-state index contributed by atoms with van der Waals surface area (Å²) in [7, 11) is 0. The molecule has 22 heavy (non-hydrogen) atoms. The molecule has 0 spiro atoms. The number of para-hydroxylation sites is 2. The quantitative estimate of drug-likeness (QED) is 0.381. The Morgan fingerprint density at radius 1 is 1.23 bits per heavy atom. The van der Waals surface area contributed by atoms with Gasteiger partial charge in [-0.2, -0.15) is 0 Å². The average molecular weight is 300 g/mol. The Morgan fingerprint density at radius 3 is 2.59 bits per heavy atom. The van der Waals surface area contributed by atoms with Gasteiger partial charge in [-0.1, -0.05) is 36.3 Å². The first-order chi connectivity index (χ1) is 10.7. The van der Waals surface area contributed by atoms with Crippen LogP contribution in [0, 0.1) is 10.1 Å². The Kier molecular flexibility index (Phi) is 5.08. The van der Waals surface area contributed by atoms with E-state index in [2.05, 4.69) is 5.16 Å². The number of nitro groups is 1. The van der Waals surface area contributed by atoms with E-state index < -0.39 is 4.92 Å². The number of benzene rings is 2. The summed E-state index contributed by atoms with van der Waals surface area (Å²) in [6.07, 6.45) is 0.544. The van der Waals surface area contributed by atoms with Gasteiger partial charge in [-0.15, -0.1) is 0 Å². The predicted molar refractivity (Wildman–Crippen MR) is 82.5 cm³/mol. The molecule has 0 heterocycles. The van der Waals surface area contributed by atoms with Crippen LogP contribution in [0.4, 0.5) is 5.69 Å². The largest absolute Gasteiger partial charge is 0.488 e. The molecule has 0 aliphatic carbocycles. The van der Waals surface area contributed by atoms with Crippen LogP contribution in [0.3, 0.4) is 0 Å². The zero-order chi connectivity index (χ0) is 15.9. The van der Waals surface area contributed by atoms with Crippen molar-refractivity contribution in [3.63, 3.8) is 0 Å². The third kappa shape index (κ3) is 3.41. The molecule has 6 nitrogen and oxygen atoms in total. The molecule has 2 rings (SSSR count). The third-order valence-corrected chi connectivity index (χ3v) is 3.23. The van der Waals surface area contributed by atoms with E-state index in [9.17, 15) is 10.1 Å². The third-order valence-electron chi connectivity index (χ3n) is 3.23. The first-order valence-electron chi connectivity index (χ1n) is 6.82. The van der Waals surface area contributed by atoms with Gasteiger partial charge in [0.15, 0.2) is 0 Å². The Labute approximate surface area is 127 Å². The lowest BCUT2D eigenvalue weighted by atomic mass is 10.1. The molecule has 0 saturated heterocycles. The molecule has 1 N–H and O–H groups in total. The van der Waals surface area contributed by atoms with E-state index in [4.69, 9.17) is 9.94 Å². The van der Waals surface area contributed by atoms with Crippen molar-refractivity contribution in [1.82, 2.24) is 0 Å². The van der Waals surface area contributed by atoms with E-state index in [1.165, 1.54) is 6.07 Å². The van der Waals surface area contributed by atoms with Gasteiger partial charge in [0.25, 0.3) is 5.69 Å². The monoisotopic (exact) mass is 300 g/mol. The summed E-state index contributed by atoms with van der Waals surface area (Å²) in [5.74, 6) is 0.523. The minimum atomic E-state index is -0.433. The average Bonchev–Trinajstić information content (AvgIpc) is 2.55. The van der Waals surface area contributed by atoms with Crippen LogP contribution in [0.5, 0.6) is 5.75 Å². The first-order valence-corrected chi connectivity index (χ1v) is 6.82. The van der Waals surface area contributed by atoms with Crippen molar-refractivity contribution in [1.29, 1.82) is 0 Å². The molecular weight excluding hydrogens is 284 g/mol. The van der Waals surface area contributed by atoms with Crippen molar-refractivity contribution in [2.75, 3.05) is 0 Å². The second kappa shape index (κ2) is 7.21. The molecule has 2 aromatic carbocycles. The molecule has 0 aliphatic heterocycles. The van der Waals surface area contributed by atoms with Crippen molar-refractivity contribution >= 4 is 11.4 Å². The number of nitro benzene ring substituents is 1. The van der Waals surface area contributed by atoms with Crippen molar-refractivity contribution in [2.45, 2.75) is 20.0 Å². The smallest absolute Gasteiger partial charge is 0.276 e. The highest BCUT2D eigenvalue weighted by molar-refractivity contribution is 6.02. The van der Waals surface area contributed by atoms with Gasteiger partial charge in [0, 0.05) is 11.6 Å². The van der Waals surface area contributed by atoms with Gasteiger partial charge in [-0.3, -0.25) is 10.1 Å². The molecule has 0 bridgehead atoms. The Morgan fingerprint density at radius 2 is 1.91 bits per heavy atom. The molecule has 2 aromatic rings. The fraction of sp³-hybridized carbons (Fsp3) is 0.188. The Bertz CT molecular complexity index is 698. The van der Waals surface area contributed by atoms with Gasteiger partial charge in [-0.05, 0) is 24.6 Å². The van der Waals surface area contributed by atoms with Gasteiger partial charge in [0.2, 0.25) is 0 Å². The second-order valence-corrected chi connectivity index (χ2v) is 4.57. The molecule has 6 heteroatoms. The molecule has 0 saturated carbocycles. The maximum absolute atomic E-state index is 11.0. The van der Waals surface area contributed by atoms with Crippen molar-refractivity contribution < 1.29 is 14.9 Å². The zero-order valence-electron chi connectivity index (χ0n) is 12.1. The number of nitrogens with zero attached hydrogens (tertiary/aromatic N) is 2. The molecule has 0 aromatic heterocycles. The maximum Gasteiger partial charge on any atom is 0.276 e. The van der Waals surface area contributed by atoms with E-state index in [-0.39, 0.29) is 12.3 Å². The molecule has 114 valence electrons. The van der Waals surface area contributed by atoms with Gasteiger partial charge in [0.1, 0.15) is 12.4 Å². The maximum atomic E-state index is 11.0. The molecule has 0 amide bonds. The van der Waals surface area contributed by atoms with Crippen LogP contribution in [0.1, 0.15) is 24.5 Å². The summed E-state index contributed by atoms with van der Waals surface area (Å²) in [4.78, 5) is 10.6. The fourth-order valence-electron chi connectivity index (χ4n) is 2.11. The highest BCUT2D eigenvalue weighted by Gasteiger charge is 2.14. The van der Waals surface area contributed by atoms with Gasteiger partial charge >= 0.3 is 0 Å². The zero-order valence-corrected chi connectivity index (χ0v) is 12.1. The second-order valence-electron chi connectivity index (χ2n) is 4.57. The SMILES string of the molecule is CC/C(=N\O)c1ccccc1OCc1ccccc1[N+](=O)[O-]. The number of oxime groups is 1. The topological polar surface area (TPSA) is 85.0 Å². The predicted octanol–water partition coefficient (Wildman–Crippen LogP) is 3.76. The number of ether oxygens (including phenoxy) is 1. The lowest BCUT2D eigenvalue weighted by Crippen LogP contribution is -2.05. The van der Waals surface area contributed by atoms with Crippen LogP contribution in [-0.4, -0.2) is 15.8 Å². The van der Waals surface area contributed by atoms with Crippen molar-refractivity contribution in [2.24, 2.45) is 5.16 Å². The van der Waals surface area contributed by atoms with E-state index in [1.54, 1.807) is 36.4 Å². The van der Waals surface area contributed by atoms with Crippen molar-refractivity contribution in [3.05, 3.63) is 69.8 Å². The number of hydrogen-bond acceptors (Lipinski definition) is 5. The van der Waals surface area contributed by atoms with Gasteiger partial charge in [-0.25, -0.2) is 0 Å². The highest BCUT2D eigenvalue weighted by atomic mass is 16.6. The van der Waals surface area contributed by atoms with Gasteiger partial charge < -0.3 is 9.94 Å². The minimum absolute atomic E-state index is 0.0199. The normalized spacial score (nSPS) is 11.2. The van der Waals surface area contributed by atoms with Crippen molar-refractivity contribution in [3.8, 4) is 5.75 Å². The minimum Gasteiger partial charge on any atom is -0.488 e. The van der Waals surface area contributed by atoms with Crippen LogP contribution in [-0.2, 0) is 6.61 Å². The van der Waals surface area contributed by atoms with E-state index in [0.717, 1.165) is 0 Å². The summed E-state index contributed by atoms with van der Waals surface area (Å²) < 4.78 is 5.70. The molecular formula is C16H16N2O4.